The van der Waals surface area contributed by atoms with Gasteiger partial charge in [-0.15, -0.1) is 0 Å². The summed E-state index contributed by atoms with van der Waals surface area (Å²) in [6, 6.07) is 23.1. The first-order valence-corrected chi connectivity index (χ1v) is 6.87. The molecule has 0 aliphatic rings. The first-order valence-electron chi connectivity index (χ1n) is 6.08. The Balaban J connectivity index is 2.21. The molecule has 0 bridgehead atoms. The lowest BCUT2D eigenvalue weighted by atomic mass is 9.97. The van der Waals surface area contributed by atoms with Crippen LogP contribution in [-0.2, 0) is 0 Å². The first kappa shape index (κ1) is 12.0. The zero-order valence-corrected chi connectivity index (χ0v) is 11.8. The second kappa shape index (κ2) is 5.30. The Kier molecular flexibility index (Phi) is 3.35. The van der Waals surface area contributed by atoms with E-state index in [1.54, 1.807) is 0 Å². The molecule has 0 saturated heterocycles. The van der Waals surface area contributed by atoms with Crippen molar-refractivity contribution in [3.8, 4) is 21.9 Å². The van der Waals surface area contributed by atoms with Crippen molar-refractivity contribution in [1.82, 2.24) is 0 Å². The molecule has 90 valence electrons. The summed E-state index contributed by atoms with van der Waals surface area (Å²) in [6.07, 6.45) is 0. The van der Waals surface area contributed by atoms with Crippen molar-refractivity contribution in [3.05, 3.63) is 72.3 Å². The van der Waals surface area contributed by atoms with E-state index in [1.165, 1.54) is 21.9 Å². The van der Waals surface area contributed by atoms with E-state index in [0.717, 1.165) is 5.56 Å². The van der Waals surface area contributed by atoms with Gasteiger partial charge in [0.1, 0.15) is 0 Å². The van der Waals surface area contributed by atoms with E-state index in [9.17, 15) is 0 Å². The summed E-state index contributed by atoms with van der Waals surface area (Å²) in [5.74, 6) is 3.09. The SMILES string of the molecule is BrC#Cc1ccccc1-c1ccc2ccccc2c1. The van der Waals surface area contributed by atoms with Crippen molar-refractivity contribution in [1.29, 1.82) is 0 Å². The smallest absolute Gasteiger partial charge is 0.0332 e. The summed E-state index contributed by atoms with van der Waals surface area (Å²) in [6.45, 7) is 0. The Morgan fingerprint density at radius 1 is 0.737 bits per heavy atom. The molecular formula is C18H11Br. The van der Waals surface area contributed by atoms with Gasteiger partial charge in [0.05, 0.1) is 0 Å². The van der Waals surface area contributed by atoms with E-state index in [-0.39, 0.29) is 0 Å². The van der Waals surface area contributed by atoms with Gasteiger partial charge in [0, 0.05) is 21.5 Å². The van der Waals surface area contributed by atoms with Gasteiger partial charge in [-0.1, -0.05) is 60.5 Å². The molecule has 0 saturated carbocycles. The topological polar surface area (TPSA) is 0 Å². The number of hydrogen-bond donors (Lipinski definition) is 0. The van der Waals surface area contributed by atoms with Crippen LogP contribution in [0.15, 0.2) is 66.7 Å². The Morgan fingerprint density at radius 3 is 2.32 bits per heavy atom. The lowest BCUT2D eigenvalue weighted by molar-refractivity contribution is 1.60. The molecule has 19 heavy (non-hydrogen) atoms. The summed E-state index contributed by atoms with van der Waals surface area (Å²) in [5, 5.41) is 2.51. The van der Waals surface area contributed by atoms with E-state index in [0.29, 0.717) is 0 Å². The zero-order valence-electron chi connectivity index (χ0n) is 10.2. The predicted molar refractivity (Wildman–Crippen MR) is 85.2 cm³/mol. The highest BCUT2D eigenvalue weighted by Crippen LogP contribution is 2.26. The van der Waals surface area contributed by atoms with Crippen LogP contribution in [0.1, 0.15) is 5.56 Å². The fourth-order valence-corrected chi connectivity index (χ4v) is 2.47. The lowest BCUT2D eigenvalue weighted by Gasteiger charge is -2.06. The maximum absolute atomic E-state index is 3.17. The van der Waals surface area contributed by atoms with Gasteiger partial charge in [-0.25, -0.2) is 0 Å². The van der Waals surface area contributed by atoms with Crippen LogP contribution < -0.4 is 0 Å². The highest BCUT2D eigenvalue weighted by Gasteiger charge is 2.03. The van der Waals surface area contributed by atoms with Crippen LogP contribution in [0, 0.1) is 10.8 Å². The van der Waals surface area contributed by atoms with Crippen LogP contribution in [0.3, 0.4) is 0 Å². The molecule has 3 aromatic carbocycles. The molecule has 1 heteroatoms. The second-order valence-corrected chi connectivity index (χ2v) is 4.72. The van der Waals surface area contributed by atoms with Crippen molar-refractivity contribution >= 4 is 26.7 Å². The summed E-state index contributed by atoms with van der Waals surface area (Å²) in [7, 11) is 0. The van der Waals surface area contributed by atoms with Crippen LogP contribution in [0.25, 0.3) is 21.9 Å². The Hall–Kier alpha value is -2.04. The highest BCUT2D eigenvalue weighted by atomic mass is 79.9. The molecule has 0 radical (unpaired) electrons. The van der Waals surface area contributed by atoms with Crippen LogP contribution in [0.2, 0.25) is 0 Å². The third-order valence-electron chi connectivity index (χ3n) is 3.17. The van der Waals surface area contributed by atoms with Gasteiger partial charge in [-0.2, -0.15) is 0 Å². The van der Waals surface area contributed by atoms with Crippen molar-refractivity contribution in [2.45, 2.75) is 0 Å². The summed E-state index contributed by atoms with van der Waals surface area (Å²) >= 11 is 3.17. The Labute approximate surface area is 121 Å². The number of halogens is 1. The monoisotopic (exact) mass is 306 g/mol. The predicted octanol–water partition coefficient (Wildman–Crippen LogP) is 5.21. The van der Waals surface area contributed by atoms with Gasteiger partial charge >= 0.3 is 0 Å². The molecule has 3 rings (SSSR count). The van der Waals surface area contributed by atoms with Gasteiger partial charge in [0.2, 0.25) is 0 Å². The molecule has 0 aromatic heterocycles. The average molecular weight is 307 g/mol. The average Bonchev–Trinajstić information content (AvgIpc) is 2.48. The Bertz CT molecular complexity index is 791. The number of benzene rings is 3. The minimum Gasteiger partial charge on any atom is -0.0616 e. The van der Waals surface area contributed by atoms with E-state index < -0.39 is 0 Å². The first-order chi connectivity index (χ1) is 9.38. The molecule has 0 nitrogen and oxygen atoms in total. The zero-order chi connectivity index (χ0) is 13.1. The maximum Gasteiger partial charge on any atom is 0.0332 e. The number of rotatable bonds is 1. The van der Waals surface area contributed by atoms with Crippen molar-refractivity contribution < 1.29 is 0 Å². The Morgan fingerprint density at radius 2 is 1.47 bits per heavy atom. The fourth-order valence-electron chi connectivity index (χ4n) is 2.25. The summed E-state index contributed by atoms with van der Waals surface area (Å²) in [5.41, 5.74) is 3.40. The molecule has 0 aliphatic heterocycles. The molecular weight excluding hydrogens is 296 g/mol. The summed E-state index contributed by atoms with van der Waals surface area (Å²) < 4.78 is 0. The fraction of sp³-hybridized carbons (Fsp3) is 0. The van der Waals surface area contributed by atoms with Crippen LogP contribution in [0.5, 0.6) is 0 Å². The minimum atomic E-state index is 1.04. The third kappa shape index (κ3) is 2.41. The van der Waals surface area contributed by atoms with E-state index in [1.807, 2.05) is 18.2 Å². The molecule has 0 unspecified atom stereocenters. The third-order valence-corrected chi connectivity index (χ3v) is 3.37. The van der Waals surface area contributed by atoms with Gasteiger partial charge in [-0.05, 0) is 38.9 Å². The largest absolute Gasteiger partial charge is 0.0616 e. The van der Waals surface area contributed by atoms with Gasteiger partial charge < -0.3 is 0 Å². The van der Waals surface area contributed by atoms with E-state index >= 15 is 0 Å². The maximum atomic E-state index is 3.17. The molecule has 0 N–H and O–H groups in total. The summed E-state index contributed by atoms with van der Waals surface area (Å²) in [4.78, 5) is 2.79. The van der Waals surface area contributed by atoms with Gasteiger partial charge in [-0.3, -0.25) is 0 Å². The second-order valence-electron chi connectivity index (χ2n) is 4.33. The molecule has 0 atom stereocenters. The van der Waals surface area contributed by atoms with E-state index in [2.05, 4.69) is 75.2 Å². The molecule has 0 aliphatic carbocycles. The quantitative estimate of drug-likeness (QED) is 0.541. The molecule has 0 spiro atoms. The molecule has 0 fully saturated rings. The molecule has 0 amide bonds. The minimum absolute atomic E-state index is 1.04. The van der Waals surface area contributed by atoms with Gasteiger partial charge in [0.25, 0.3) is 0 Å². The lowest BCUT2D eigenvalue weighted by Crippen LogP contribution is -1.84. The van der Waals surface area contributed by atoms with Crippen LogP contribution in [0.4, 0.5) is 0 Å². The standard InChI is InChI=1S/C18H11Br/c19-12-11-15-6-3-4-8-18(15)17-10-9-14-5-1-2-7-16(14)13-17/h1-10,13H. The van der Waals surface area contributed by atoms with Crippen LogP contribution >= 0.6 is 15.9 Å². The van der Waals surface area contributed by atoms with Crippen LogP contribution in [-0.4, -0.2) is 0 Å². The highest BCUT2D eigenvalue weighted by molar-refractivity contribution is 9.12. The van der Waals surface area contributed by atoms with Crippen molar-refractivity contribution in [3.63, 3.8) is 0 Å². The number of fused-ring (bicyclic) bond motifs is 1. The normalized spacial score (nSPS) is 9.95. The molecule has 0 heterocycles. The molecule has 3 aromatic rings. The van der Waals surface area contributed by atoms with Gasteiger partial charge in [0.15, 0.2) is 0 Å². The van der Waals surface area contributed by atoms with E-state index in [4.69, 9.17) is 0 Å². The van der Waals surface area contributed by atoms with Crippen molar-refractivity contribution in [2.75, 3.05) is 0 Å². The number of hydrogen-bond acceptors (Lipinski definition) is 0. The van der Waals surface area contributed by atoms with Crippen molar-refractivity contribution in [2.24, 2.45) is 0 Å².